The minimum absolute atomic E-state index is 0. The van der Waals surface area contributed by atoms with E-state index in [2.05, 4.69) is 39.8 Å². The van der Waals surface area contributed by atoms with E-state index in [9.17, 15) is 0 Å². The first-order valence-corrected chi connectivity index (χ1v) is 5.69. The van der Waals surface area contributed by atoms with Gasteiger partial charge in [-0.1, -0.05) is 39.5 Å². The van der Waals surface area contributed by atoms with Crippen LogP contribution in [-0.2, 0) is 5.41 Å². The van der Waals surface area contributed by atoms with Crippen molar-refractivity contribution in [1.82, 2.24) is 0 Å². The number of halogens is 1. The summed E-state index contributed by atoms with van der Waals surface area (Å²) < 4.78 is 5.56. The van der Waals surface area contributed by atoms with Crippen LogP contribution in [0, 0.1) is 6.07 Å². The Balaban J connectivity index is 0. The molecule has 0 aliphatic rings. The van der Waals surface area contributed by atoms with Crippen LogP contribution < -0.4 is 21.7 Å². The maximum atomic E-state index is 5.56. The van der Waals surface area contributed by atoms with Crippen LogP contribution in [0.4, 0.5) is 0 Å². The quantitative estimate of drug-likeness (QED) is 0.449. The van der Waals surface area contributed by atoms with Crippen LogP contribution in [0.5, 0.6) is 5.75 Å². The first-order chi connectivity index (χ1) is 7.04. The molecular weight excluding hydrogens is 288 g/mol. The summed E-state index contributed by atoms with van der Waals surface area (Å²) in [4.78, 5) is 0. The minimum Gasteiger partial charge on any atom is -1.00 e. The molecule has 0 saturated carbocycles. The van der Waals surface area contributed by atoms with E-state index in [1.807, 2.05) is 12.1 Å². The molecule has 1 rings (SSSR count). The largest absolute Gasteiger partial charge is 2.00 e. The zero-order chi connectivity index (χ0) is 11.3. The summed E-state index contributed by atoms with van der Waals surface area (Å²) in [5.74, 6) is 0.858. The van der Waals surface area contributed by atoms with Crippen molar-refractivity contribution in [2.75, 3.05) is 6.61 Å². The number of unbranched alkanes of at least 4 members (excludes halogenated alkanes) is 1. The third-order valence-electron chi connectivity index (χ3n) is 2.41. The van der Waals surface area contributed by atoms with E-state index in [0.29, 0.717) is 0 Å². The van der Waals surface area contributed by atoms with E-state index >= 15 is 0 Å². The Hall–Kier alpha value is 0.266. The van der Waals surface area contributed by atoms with Gasteiger partial charge in [0, 0.05) is 5.75 Å². The molecule has 0 fully saturated rings. The number of hydrogen-bond acceptors (Lipinski definition) is 1. The van der Waals surface area contributed by atoms with Crippen molar-refractivity contribution in [3.8, 4) is 5.75 Å². The van der Waals surface area contributed by atoms with E-state index in [4.69, 9.17) is 4.74 Å². The Labute approximate surface area is 132 Å². The second kappa shape index (κ2) is 9.23. The van der Waals surface area contributed by atoms with Gasteiger partial charge in [-0.15, -0.1) is 12.1 Å². The van der Waals surface area contributed by atoms with Gasteiger partial charge in [0.05, 0.1) is 6.61 Å². The molecule has 0 saturated heterocycles. The molecule has 0 bridgehead atoms. The summed E-state index contributed by atoms with van der Waals surface area (Å²) in [5, 5.41) is 0. The SMILES string of the molecule is CCCCOc1[c-]cc(C(C)(C)C)cc1.[Br-].[Mg+2]. The van der Waals surface area contributed by atoms with E-state index in [0.717, 1.165) is 18.8 Å². The molecule has 0 N–H and O–H groups in total. The zero-order valence-electron chi connectivity index (χ0n) is 11.3. The van der Waals surface area contributed by atoms with Crippen LogP contribution >= 0.6 is 0 Å². The summed E-state index contributed by atoms with van der Waals surface area (Å²) in [6.45, 7) is 9.56. The number of ether oxygens (including phenoxy) is 1. The van der Waals surface area contributed by atoms with Crippen molar-refractivity contribution in [1.29, 1.82) is 0 Å². The van der Waals surface area contributed by atoms with E-state index in [1.165, 1.54) is 12.0 Å². The van der Waals surface area contributed by atoms with Crippen LogP contribution in [0.1, 0.15) is 46.1 Å². The molecule has 1 nitrogen and oxygen atoms in total. The van der Waals surface area contributed by atoms with Gasteiger partial charge in [-0.2, -0.15) is 17.7 Å². The first kappa shape index (κ1) is 19.6. The maximum absolute atomic E-state index is 5.56. The Morgan fingerprint density at radius 1 is 1.24 bits per heavy atom. The minimum atomic E-state index is 0. The Kier molecular flexibility index (Phi) is 10.6. The van der Waals surface area contributed by atoms with Crippen molar-refractivity contribution < 1.29 is 21.7 Å². The molecule has 0 radical (unpaired) electrons. The van der Waals surface area contributed by atoms with Crippen molar-refractivity contribution in [2.45, 2.75) is 46.0 Å². The molecule has 17 heavy (non-hydrogen) atoms. The number of rotatable bonds is 4. The van der Waals surface area contributed by atoms with E-state index in [-0.39, 0.29) is 45.4 Å². The van der Waals surface area contributed by atoms with Crippen LogP contribution in [0.15, 0.2) is 18.2 Å². The molecule has 0 aliphatic heterocycles. The molecule has 3 heteroatoms. The molecule has 1 aromatic rings. The van der Waals surface area contributed by atoms with E-state index < -0.39 is 0 Å². The predicted octanol–water partition coefficient (Wildman–Crippen LogP) is 0.586. The normalized spacial score (nSPS) is 10.1. The molecule has 0 amide bonds. The summed E-state index contributed by atoms with van der Waals surface area (Å²) in [6.07, 6.45) is 2.27. The van der Waals surface area contributed by atoms with Crippen LogP contribution in [0.2, 0.25) is 0 Å². The van der Waals surface area contributed by atoms with Crippen LogP contribution in [-0.4, -0.2) is 29.7 Å². The smallest absolute Gasteiger partial charge is 1.00 e. The van der Waals surface area contributed by atoms with E-state index in [1.54, 1.807) is 0 Å². The fourth-order valence-corrected chi connectivity index (χ4v) is 1.29. The van der Waals surface area contributed by atoms with Crippen LogP contribution in [0.3, 0.4) is 0 Å². The first-order valence-electron chi connectivity index (χ1n) is 5.69. The Morgan fingerprint density at radius 2 is 1.88 bits per heavy atom. The van der Waals surface area contributed by atoms with Gasteiger partial charge in [0.25, 0.3) is 0 Å². The third-order valence-corrected chi connectivity index (χ3v) is 2.41. The summed E-state index contributed by atoms with van der Waals surface area (Å²) in [7, 11) is 0. The van der Waals surface area contributed by atoms with Gasteiger partial charge in [-0.3, -0.25) is 0 Å². The summed E-state index contributed by atoms with van der Waals surface area (Å²) in [5.41, 5.74) is 1.49. The van der Waals surface area contributed by atoms with Gasteiger partial charge in [-0.05, 0) is 6.42 Å². The second-order valence-electron chi connectivity index (χ2n) is 4.89. The van der Waals surface area contributed by atoms with Crippen LogP contribution in [0.25, 0.3) is 0 Å². The van der Waals surface area contributed by atoms with Gasteiger partial charge in [-0.25, -0.2) is 0 Å². The van der Waals surface area contributed by atoms with Crippen molar-refractivity contribution in [3.63, 3.8) is 0 Å². The molecule has 0 unspecified atom stereocenters. The van der Waals surface area contributed by atoms with Gasteiger partial charge in [0.15, 0.2) is 0 Å². The predicted molar refractivity (Wildman–Crippen MR) is 70.1 cm³/mol. The van der Waals surface area contributed by atoms with Crippen molar-refractivity contribution in [2.24, 2.45) is 0 Å². The fraction of sp³-hybridized carbons (Fsp3) is 0.571. The molecule has 0 heterocycles. The van der Waals surface area contributed by atoms with Gasteiger partial charge in [0.2, 0.25) is 0 Å². The molecular formula is C14H21BrMgO. The number of hydrogen-bond donors (Lipinski definition) is 0. The van der Waals surface area contributed by atoms with Gasteiger partial charge in [0.1, 0.15) is 0 Å². The Bertz CT molecular complexity index is 290. The van der Waals surface area contributed by atoms with Gasteiger partial charge < -0.3 is 21.7 Å². The zero-order valence-corrected chi connectivity index (χ0v) is 14.3. The number of benzene rings is 1. The molecule has 0 aliphatic carbocycles. The second-order valence-corrected chi connectivity index (χ2v) is 4.89. The molecule has 0 aromatic heterocycles. The fourth-order valence-electron chi connectivity index (χ4n) is 1.29. The van der Waals surface area contributed by atoms with Crippen molar-refractivity contribution in [3.05, 3.63) is 29.8 Å². The average Bonchev–Trinajstić information content (AvgIpc) is 2.18. The molecule has 1 aromatic carbocycles. The summed E-state index contributed by atoms with van der Waals surface area (Å²) in [6, 6.07) is 9.34. The standard InChI is InChI=1S/C14H21O.BrH.Mg/c1-5-6-11-15-13-9-7-12(8-10-13)14(2,3)4;;/h7-9H,5-6,11H2,1-4H3;1H;/q-1;;+2/p-1. The summed E-state index contributed by atoms with van der Waals surface area (Å²) >= 11 is 0. The third kappa shape index (κ3) is 7.32. The van der Waals surface area contributed by atoms with Crippen molar-refractivity contribution >= 4 is 23.1 Å². The Morgan fingerprint density at radius 3 is 2.29 bits per heavy atom. The molecule has 0 atom stereocenters. The maximum Gasteiger partial charge on any atom is 2.00 e. The monoisotopic (exact) mass is 308 g/mol. The molecule has 0 spiro atoms. The molecule has 92 valence electrons. The average molecular weight is 310 g/mol. The van der Waals surface area contributed by atoms with Gasteiger partial charge >= 0.3 is 23.1 Å². The topological polar surface area (TPSA) is 9.23 Å².